The molecule has 0 aliphatic carbocycles. The third-order valence-electron chi connectivity index (χ3n) is 5.39. The van der Waals surface area contributed by atoms with Crippen LogP contribution in [0, 0.1) is 5.92 Å². The normalized spacial score (nSPS) is 16.6. The van der Waals surface area contributed by atoms with Gasteiger partial charge in [-0.05, 0) is 39.2 Å². The summed E-state index contributed by atoms with van der Waals surface area (Å²) >= 11 is 0. The van der Waals surface area contributed by atoms with Gasteiger partial charge in [-0.2, -0.15) is 4.89 Å². The zero-order chi connectivity index (χ0) is 24.8. The molecular formula is C25H39NO8. The van der Waals surface area contributed by atoms with E-state index in [1.165, 1.54) is 0 Å². The summed E-state index contributed by atoms with van der Waals surface area (Å²) in [6, 6.07) is 0. The van der Waals surface area contributed by atoms with Gasteiger partial charge in [-0.15, -0.1) is 0 Å². The van der Waals surface area contributed by atoms with Crippen molar-refractivity contribution < 1.29 is 38.3 Å². The molecular weight excluding hydrogens is 442 g/mol. The zero-order valence-corrected chi connectivity index (χ0v) is 20.9. The number of carbonyl (C=O) groups is 2. The van der Waals surface area contributed by atoms with Gasteiger partial charge in [-0.1, -0.05) is 26.7 Å². The Bertz CT molecular complexity index is 721. The van der Waals surface area contributed by atoms with Gasteiger partial charge in [-0.3, -0.25) is 0 Å². The molecule has 0 aromatic rings. The molecule has 0 spiro atoms. The van der Waals surface area contributed by atoms with Crippen molar-refractivity contribution in [2.24, 2.45) is 5.92 Å². The highest BCUT2D eigenvalue weighted by Crippen LogP contribution is 2.38. The first-order valence-corrected chi connectivity index (χ1v) is 12.2. The van der Waals surface area contributed by atoms with Crippen LogP contribution in [-0.4, -0.2) is 58.2 Å². The third-order valence-corrected chi connectivity index (χ3v) is 5.39. The number of esters is 2. The maximum Gasteiger partial charge on any atom is 0.336 e. The standard InChI is InChI=1S/C25H39NO8/c1-5-7-11-29-14-16-31-24(27)21-18(3)26-19(4)22(23(21)20-10-9-13-33-34-20)25(28)32-17-15-30-12-8-6-2/h10,23,26H,5-9,11-17H2,1-4H3. The van der Waals surface area contributed by atoms with E-state index >= 15 is 0 Å². The van der Waals surface area contributed by atoms with Gasteiger partial charge in [-0.25, -0.2) is 9.59 Å². The van der Waals surface area contributed by atoms with Crippen LogP contribution in [0.5, 0.6) is 0 Å². The van der Waals surface area contributed by atoms with Crippen LogP contribution < -0.4 is 5.32 Å². The number of dihydropyridines is 1. The second kappa shape index (κ2) is 15.5. The number of carbonyl (C=O) groups excluding carboxylic acids is 2. The van der Waals surface area contributed by atoms with Gasteiger partial charge in [0.15, 0.2) is 5.76 Å². The van der Waals surface area contributed by atoms with Gasteiger partial charge in [0.1, 0.15) is 13.2 Å². The molecule has 9 nitrogen and oxygen atoms in total. The largest absolute Gasteiger partial charge is 0.460 e. The monoisotopic (exact) mass is 481 g/mol. The van der Waals surface area contributed by atoms with Gasteiger partial charge in [0.25, 0.3) is 0 Å². The lowest BCUT2D eigenvalue weighted by Gasteiger charge is -2.31. The van der Waals surface area contributed by atoms with Crippen LogP contribution in [-0.2, 0) is 38.3 Å². The highest BCUT2D eigenvalue weighted by atomic mass is 17.2. The fraction of sp³-hybridized carbons (Fsp3) is 0.680. The molecule has 0 saturated heterocycles. The summed E-state index contributed by atoms with van der Waals surface area (Å²) in [5.41, 5.74) is 1.71. The lowest BCUT2D eigenvalue weighted by molar-refractivity contribution is -0.273. The molecule has 2 aliphatic rings. The molecule has 0 unspecified atom stereocenters. The molecule has 0 fully saturated rings. The number of hydrogen-bond donors (Lipinski definition) is 1. The van der Waals surface area contributed by atoms with Crippen LogP contribution >= 0.6 is 0 Å². The first kappa shape index (κ1) is 27.9. The molecule has 0 aromatic carbocycles. The van der Waals surface area contributed by atoms with E-state index in [2.05, 4.69) is 19.2 Å². The lowest BCUT2D eigenvalue weighted by atomic mass is 9.83. The number of hydrogen-bond acceptors (Lipinski definition) is 9. The van der Waals surface area contributed by atoms with Crippen molar-refractivity contribution in [2.45, 2.75) is 59.8 Å². The van der Waals surface area contributed by atoms with Crippen molar-refractivity contribution in [1.82, 2.24) is 5.32 Å². The van der Waals surface area contributed by atoms with E-state index in [1.54, 1.807) is 13.8 Å². The maximum atomic E-state index is 13.1. The Morgan fingerprint density at radius 2 is 1.41 bits per heavy atom. The summed E-state index contributed by atoms with van der Waals surface area (Å²) in [6.07, 6.45) is 6.39. The summed E-state index contributed by atoms with van der Waals surface area (Å²) in [4.78, 5) is 36.8. The molecule has 0 radical (unpaired) electrons. The predicted molar refractivity (Wildman–Crippen MR) is 125 cm³/mol. The molecule has 2 rings (SSSR count). The van der Waals surface area contributed by atoms with Crippen LogP contribution in [0.15, 0.2) is 34.4 Å². The number of nitrogens with one attached hydrogen (secondary N) is 1. The van der Waals surface area contributed by atoms with Gasteiger partial charge in [0.05, 0.1) is 36.9 Å². The summed E-state index contributed by atoms with van der Waals surface area (Å²) in [6.45, 7) is 10.2. The molecule has 0 atom stereocenters. The average Bonchev–Trinajstić information content (AvgIpc) is 2.83. The second-order valence-corrected chi connectivity index (χ2v) is 8.14. The van der Waals surface area contributed by atoms with E-state index in [4.69, 9.17) is 28.7 Å². The number of rotatable bonds is 15. The van der Waals surface area contributed by atoms with Crippen molar-refractivity contribution >= 4 is 11.9 Å². The van der Waals surface area contributed by atoms with Crippen molar-refractivity contribution in [1.29, 1.82) is 0 Å². The molecule has 0 saturated carbocycles. The van der Waals surface area contributed by atoms with E-state index in [-0.39, 0.29) is 24.4 Å². The minimum atomic E-state index is -0.802. The number of unbranched alkanes of at least 4 members (excludes halogenated alkanes) is 2. The molecule has 2 heterocycles. The second-order valence-electron chi connectivity index (χ2n) is 8.14. The fourth-order valence-electron chi connectivity index (χ4n) is 3.62. The summed E-state index contributed by atoms with van der Waals surface area (Å²) in [7, 11) is 0. The van der Waals surface area contributed by atoms with E-state index in [9.17, 15) is 9.59 Å². The first-order valence-electron chi connectivity index (χ1n) is 12.2. The third kappa shape index (κ3) is 8.45. The smallest absolute Gasteiger partial charge is 0.336 e. The van der Waals surface area contributed by atoms with Crippen LogP contribution in [0.25, 0.3) is 0 Å². The van der Waals surface area contributed by atoms with E-state index < -0.39 is 17.9 Å². The highest BCUT2D eigenvalue weighted by molar-refractivity contribution is 5.98. The van der Waals surface area contributed by atoms with Gasteiger partial charge in [0.2, 0.25) is 0 Å². The molecule has 1 N–H and O–H groups in total. The molecule has 0 bridgehead atoms. The minimum absolute atomic E-state index is 0.111. The van der Waals surface area contributed by atoms with E-state index in [0.717, 1.165) is 25.7 Å². The zero-order valence-electron chi connectivity index (χ0n) is 20.9. The predicted octanol–water partition coefficient (Wildman–Crippen LogP) is 3.71. The molecule has 2 aliphatic heterocycles. The molecule has 34 heavy (non-hydrogen) atoms. The van der Waals surface area contributed by atoms with Crippen LogP contribution in [0.1, 0.15) is 59.8 Å². The van der Waals surface area contributed by atoms with Gasteiger partial charge in [0, 0.05) is 24.6 Å². The molecule has 9 heteroatoms. The first-order chi connectivity index (χ1) is 16.5. The average molecular weight is 482 g/mol. The molecule has 192 valence electrons. The quantitative estimate of drug-likeness (QED) is 0.213. The summed E-state index contributed by atoms with van der Waals surface area (Å²) in [5.74, 6) is -1.54. The Morgan fingerprint density at radius 1 is 0.882 bits per heavy atom. The van der Waals surface area contributed by atoms with Crippen molar-refractivity contribution in [3.8, 4) is 0 Å². The van der Waals surface area contributed by atoms with Crippen LogP contribution in [0.3, 0.4) is 0 Å². The van der Waals surface area contributed by atoms with Crippen LogP contribution in [0.2, 0.25) is 0 Å². The summed E-state index contributed by atoms with van der Waals surface area (Å²) in [5, 5.41) is 3.12. The van der Waals surface area contributed by atoms with E-state index in [1.807, 2.05) is 6.08 Å². The van der Waals surface area contributed by atoms with Crippen molar-refractivity contribution in [2.75, 3.05) is 46.2 Å². The summed E-state index contributed by atoms with van der Waals surface area (Å²) < 4.78 is 21.9. The highest BCUT2D eigenvalue weighted by Gasteiger charge is 2.41. The Balaban J connectivity index is 2.13. The molecule has 0 aromatic heterocycles. The number of ether oxygens (including phenoxy) is 4. The Morgan fingerprint density at radius 3 is 1.85 bits per heavy atom. The minimum Gasteiger partial charge on any atom is -0.460 e. The fourth-order valence-corrected chi connectivity index (χ4v) is 3.62. The van der Waals surface area contributed by atoms with Crippen LogP contribution in [0.4, 0.5) is 0 Å². The van der Waals surface area contributed by atoms with Crippen molar-refractivity contribution in [3.05, 3.63) is 34.4 Å². The topological polar surface area (TPSA) is 102 Å². The van der Waals surface area contributed by atoms with Gasteiger partial charge >= 0.3 is 11.9 Å². The Kier molecular flexibility index (Phi) is 12.7. The SMILES string of the molecule is CCCCOCCOC(=O)C1=C(C)NC(C)=C(C(=O)OCCOCCCC)C1C1=CCCOO1. The molecule has 0 amide bonds. The van der Waals surface area contributed by atoms with Crippen molar-refractivity contribution in [3.63, 3.8) is 0 Å². The van der Waals surface area contributed by atoms with Gasteiger partial charge < -0.3 is 29.2 Å². The van der Waals surface area contributed by atoms with E-state index in [0.29, 0.717) is 56.6 Å². The lowest BCUT2D eigenvalue weighted by Crippen LogP contribution is -2.36. The maximum absolute atomic E-state index is 13.1. The Hall–Kier alpha value is -2.36. The Labute approximate surface area is 202 Å². The number of allylic oxidation sites excluding steroid dienone is 3.